The lowest BCUT2D eigenvalue weighted by Gasteiger charge is -2.21. The normalized spacial score (nSPS) is 11.8. The molecule has 0 aromatic heterocycles. The maximum atomic E-state index is 2.31. The highest BCUT2D eigenvalue weighted by Gasteiger charge is 2.14. The van der Waals surface area contributed by atoms with Crippen molar-refractivity contribution in [1.29, 1.82) is 0 Å². The Morgan fingerprint density at radius 2 is 1.23 bits per heavy atom. The van der Waals surface area contributed by atoms with Crippen LogP contribution < -0.4 is 0 Å². The molecule has 0 nitrogen and oxygen atoms in total. The van der Waals surface area contributed by atoms with Gasteiger partial charge in [-0.05, 0) is 48.4 Å². The first kappa shape index (κ1) is 10.3. The van der Waals surface area contributed by atoms with Crippen LogP contribution in [0.25, 0.3) is 0 Å². The molecule has 0 heteroatoms. The highest BCUT2D eigenvalue weighted by atomic mass is 14.2. The van der Waals surface area contributed by atoms with E-state index in [1.54, 1.807) is 0 Å². The minimum atomic E-state index is 0.267. The predicted molar refractivity (Wildman–Crippen MR) is 59.4 cm³/mol. The molecule has 0 spiro atoms. The molecule has 0 aliphatic rings. The third-order valence-corrected chi connectivity index (χ3v) is 2.79. The molecule has 1 rings (SSSR count). The second kappa shape index (κ2) is 3.17. The van der Waals surface area contributed by atoms with Crippen molar-refractivity contribution in [2.75, 3.05) is 0 Å². The molecule has 0 amide bonds. The first-order valence-electron chi connectivity index (χ1n) is 4.90. The van der Waals surface area contributed by atoms with Gasteiger partial charge in [0.2, 0.25) is 0 Å². The van der Waals surface area contributed by atoms with Gasteiger partial charge in [-0.25, -0.2) is 0 Å². The van der Waals surface area contributed by atoms with Crippen molar-refractivity contribution < 1.29 is 0 Å². The molecule has 0 aliphatic heterocycles. The molecule has 0 unspecified atom stereocenters. The van der Waals surface area contributed by atoms with E-state index in [4.69, 9.17) is 0 Å². The minimum Gasteiger partial charge on any atom is -0.0561 e. The van der Waals surface area contributed by atoms with Crippen molar-refractivity contribution in [3.8, 4) is 0 Å². The van der Waals surface area contributed by atoms with Crippen molar-refractivity contribution >= 4 is 0 Å². The third-order valence-electron chi connectivity index (χ3n) is 2.79. The first-order valence-corrected chi connectivity index (χ1v) is 4.90. The summed E-state index contributed by atoms with van der Waals surface area (Å²) < 4.78 is 0. The zero-order valence-corrected chi connectivity index (χ0v) is 9.65. The van der Waals surface area contributed by atoms with Crippen LogP contribution >= 0.6 is 0 Å². The summed E-state index contributed by atoms with van der Waals surface area (Å²) in [5, 5.41) is 0. The van der Waals surface area contributed by atoms with Crippen molar-refractivity contribution in [2.45, 2.75) is 47.0 Å². The molecule has 0 fully saturated rings. The van der Waals surface area contributed by atoms with Crippen LogP contribution in [0.15, 0.2) is 12.1 Å². The van der Waals surface area contributed by atoms with E-state index in [1.165, 1.54) is 22.3 Å². The highest BCUT2D eigenvalue weighted by Crippen LogP contribution is 2.26. The van der Waals surface area contributed by atoms with Gasteiger partial charge < -0.3 is 0 Å². The first-order chi connectivity index (χ1) is 5.82. The predicted octanol–water partition coefficient (Wildman–Crippen LogP) is 3.91. The van der Waals surface area contributed by atoms with Crippen LogP contribution in [0.3, 0.4) is 0 Å². The Balaban J connectivity index is 3.29. The van der Waals surface area contributed by atoms with Crippen LogP contribution in [0, 0.1) is 20.8 Å². The summed E-state index contributed by atoms with van der Waals surface area (Å²) in [5.41, 5.74) is 5.94. The van der Waals surface area contributed by atoms with Crippen LogP contribution in [0.5, 0.6) is 0 Å². The van der Waals surface area contributed by atoms with Crippen LogP contribution in [0.2, 0.25) is 0 Å². The number of hydrogen-bond acceptors (Lipinski definition) is 0. The molecule has 1 aromatic carbocycles. The molecule has 0 radical (unpaired) electrons. The van der Waals surface area contributed by atoms with Gasteiger partial charge in [-0.2, -0.15) is 0 Å². The Morgan fingerprint density at radius 3 is 1.54 bits per heavy atom. The summed E-state index contributed by atoms with van der Waals surface area (Å²) in [5.74, 6) is 0. The zero-order chi connectivity index (χ0) is 10.2. The molecule has 0 bridgehead atoms. The number of hydrogen-bond donors (Lipinski definition) is 0. The number of benzene rings is 1. The van der Waals surface area contributed by atoms with Crippen molar-refractivity contribution in [3.05, 3.63) is 34.4 Å². The zero-order valence-electron chi connectivity index (χ0n) is 9.65. The Bertz CT molecular complexity index is 290. The van der Waals surface area contributed by atoms with E-state index >= 15 is 0 Å². The highest BCUT2D eigenvalue weighted by molar-refractivity contribution is 5.39. The van der Waals surface area contributed by atoms with Gasteiger partial charge >= 0.3 is 0 Å². The van der Waals surface area contributed by atoms with E-state index in [-0.39, 0.29) is 5.41 Å². The third kappa shape index (κ3) is 2.12. The second-order valence-electron chi connectivity index (χ2n) is 4.99. The lowest BCUT2D eigenvalue weighted by Crippen LogP contribution is -2.12. The van der Waals surface area contributed by atoms with Gasteiger partial charge in [-0.1, -0.05) is 32.9 Å². The summed E-state index contributed by atoms with van der Waals surface area (Å²) >= 11 is 0. The Hall–Kier alpha value is -0.780. The summed E-state index contributed by atoms with van der Waals surface area (Å²) in [6, 6.07) is 4.62. The Morgan fingerprint density at radius 1 is 0.846 bits per heavy atom. The molecule has 0 heterocycles. The lowest BCUT2D eigenvalue weighted by molar-refractivity contribution is 0.589. The average Bonchev–Trinajstić information content (AvgIpc) is 1.97. The fourth-order valence-corrected chi connectivity index (χ4v) is 1.47. The average molecular weight is 176 g/mol. The van der Waals surface area contributed by atoms with Crippen molar-refractivity contribution in [2.24, 2.45) is 0 Å². The van der Waals surface area contributed by atoms with Gasteiger partial charge in [0.1, 0.15) is 0 Å². The maximum Gasteiger partial charge on any atom is -0.0132 e. The fraction of sp³-hybridized carbons (Fsp3) is 0.538. The van der Waals surface area contributed by atoms with E-state index in [2.05, 4.69) is 53.7 Å². The van der Waals surface area contributed by atoms with Crippen molar-refractivity contribution in [3.63, 3.8) is 0 Å². The Labute approximate surface area is 82.0 Å². The lowest BCUT2D eigenvalue weighted by atomic mass is 9.84. The molecule has 13 heavy (non-hydrogen) atoms. The van der Waals surface area contributed by atoms with E-state index in [9.17, 15) is 0 Å². The maximum absolute atomic E-state index is 2.31. The van der Waals surface area contributed by atoms with Crippen LogP contribution in [0.4, 0.5) is 0 Å². The fourth-order valence-electron chi connectivity index (χ4n) is 1.47. The number of aryl methyl sites for hydroxylation is 2. The monoisotopic (exact) mass is 176 g/mol. The van der Waals surface area contributed by atoms with Crippen LogP contribution in [0.1, 0.15) is 43.0 Å². The quantitative estimate of drug-likeness (QED) is 0.562. The molecule has 0 saturated heterocycles. The topological polar surface area (TPSA) is 0 Å². The summed E-state index contributed by atoms with van der Waals surface area (Å²) in [7, 11) is 0. The molecule has 0 saturated carbocycles. The summed E-state index contributed by atoms with van der Waals surface area (Å²) in [4.78, 5) is 0. The standard InChI is InChI=1S/C13H20/c1-9-7-12(13(4,5)6)8-10(2)11(9)3/h7-8H,1-6H3. The smallest absolute Gasteiger partial charge is 0.0132 e. The van der Waals surface area contributed by atoms with Crippen LogP contribution in [-0.2, 0) is 5.41 Å². The summed E-state index contributed by atoms with van der Waals surface area (Å²) in [6.45, 7) is 13.4. The van der Waals surface area contributed by atoms with E-state index in [0.717, 1.165) is 0 Å². The van der Waals surface area contributed by atoms with Gasteiger partial charge in [-0.3, -0.25) is 0 Å². The van der Waals surface area contributed by atoms with E-state index in [0.29, 0.717) is 0 Å². The van der Waals surface area contributed by atoms with Gasteiger partial charge in [0.25, 0.3) is 0 Å². The number of rotatable bonds is 0. The van der Waals surface area contributed by atoms with Crippen molar-refractivity contribution in [1.82, 2.24) is 0 Å². The van der Waals surface area contributed by atoms with Gasteiger partial charge in [-0.15, -0.1) is 0 Å². The van der Waals surface area contributed by atoms with E-state index < -0.39 is 0 Å². The Kier molecular flexibility index (Phi) is 2.51. The van der Waals surface area contributed by atoms with Crippen LogP contribution in [-0.4, -0.2) is 0 Å². The largest absolute Gasteiger partial charge is 0.0561 e. The molecule has 0 aliphatic carbocycles. The molecule has 0 N–H and O–H groups in total. The van der Waals surface area contributed by atoms with E-state index in [1.807, 2.05) is 0 Å². The van der Waals surface area contributed by atoms with Gasteiger partial charge in [0.05, 0.1) is 0 Å². The summed E-state index contributed by atoms with van der Waals surface area (Å²) in [6.07, 6.45) is 0. The van der Waals surface area contributed by atoms with Gasteiger partial charge in [0, 0.05) is 0 Å². The minimum absolute atomic E-state index is 0.267. The molecule has 72 valence electrons. The molecule has 0 atom stereocenters. The molecular formula is C13H20. The molecule has 1 aromatic rings. The van der Waals surface area contributed by atoms with Gasteiger partial charge in [0.15, 0.2) is 0 Å². The SMILES string of the molecule is Cc1cc(C(C)(C)C)cc(C)c1C. The molecular weight excluding hydrogens is 156 g/mol. The second-order valence-corrected chi connectivity index (χ2v) is 4.99.